The molecule has 0 aliphatic heterocycles. The molecule has 0 fully saturated rings. The second-order valence-electron chi connectivity index (χ2n) is 5.23. The highest BCUT2D eigenvalue weighted by molar-refractivity contribution is 8.13. The fourth-order valence-corrected chi connectivity index (χ4v) is 5.56. The van der Waals surface area contributed by atoms with Crippen LogP contribution in [0.15, 0.2) is 63.3 Å². The number of aliphatic imine (C=N–C) groups is 1. The minimum atomic E-state index is -4.44. The van der Waals surface area contributed by atoms with Crippen molar-refractivity contribution in [3.63, 3.8) is 0 Å². The maximum absolute atomic E-state index is 12.7. The van der Waals surface area contributed by atoms with Gasteiger partial charge in [-0.15, -0.1) is 4.13 Å². The Hall–Kier alpha value is -2.39. The number of benzene rings is 2. The number of thioether (sulfide) groups is 1. The second-order valence-corrected chi connectivity index (χ2v) is 9.62. The Morgan fingerprint density at radius 2 is 1.78 bits per heavy atom. The van der Waals surface area contributed by atoms with Crippen LogP contribution in [0.3, 0.4) is 0 Å². The molecule has 2 aromatic carbocycles. The van der Waals surface area contributed by atoms with Crippen LogP contribution in [-0.4, -0.2) is 28.3 Å². The predicted molar refractivity (Wildman–Crippen MR) is 104 cm³/mol. The van der Waals surface area contributed by atoms with Gasteiger partial charge in [0.2, 0.25) is 0 Å². The fourth-order valence-electron chi connectivity index (χ4n) is 2.08. The molecule has 0 spiro atoms. The normalized spacial score (nSPS) is 12.4. The molecular formula is C16H16N4O4S3. The van der Waals surface area contributed by atoms with Crippen molar-refractivity contribution in [2.24, 2.45) is 4.99 Å². The maximum Gasteiger partial charge on any atom is 0.255 e. The van der Waals surface area contributed by atoms with Gasteiger partial charge in [0, 0.05) is 0 Å². The Labute approximate surface area is 162 Å². The molecule has 2 N–H and O–H groups in total. The lowest BCUT2D eigenvalue weighted by atomic mass is 10.2. The highest BCUT2D eigenvalue weighted by Gasteiger charge is 2.26. The van der Waals surface area contributed by atoms with Crippen LogP contribution in [0.2, 0.25) is 0 Å². The third kappa shape index (κ3) is 5.30. The number of nitrogens with zero attached hydrogens (tertiary/aromatic N) is 2. The number of hydrogen-bond acceptors (Lipinski definition) is 7. The topological polar surface area (TPSA) is 128 Å². The van der Waals surface area contributed by atoms with Gasteiger partial charge in [-0.05, 0) is 43.0 Å². The Bertz CT molecular complexity index is 1120. The molecular weight excluding hydrogens is 408 g/mol. The van der Waals surface area contributed by atoms with Gasteiger partial charge in [0.25, 0.3) is 20.0 Å². The molecule has 0 heterocycles. The third-order valence-corrected chi connectivity index (χ3v) is 7.39. The highest BCUT2D eigenvalue weighted by atomic mass is 32.3. The molecule has 0 unspecified atom stereocenters. The zero-order valence-corrected chi connectivity index (χ0v) is 16.8. The van der Waals surface area contributed by atoms with Gasteiger partial charge in [-0.2, -0.15) is 5.26 Å². The first-order valence-electron chi connectivity index (χ1n) is 7.42. The zero-order chi connectivity index (χ0) is 20.1. The van der Waals surface area contributed by atoms with E-state index in [1.165, 1.54) is 36.4 Å². The van der Waals surface area contributed by atoms with Crippen molar-refractivity contribution < 1.29 is 16.8 Å². The first kappa shape index (κ1) is 20.9. The largest absolute Gasteiger partial charge is 0.271 e. The van der Waals surface area contributed by atoms with E-state index >= 15 is 0 Å². The molecule has 142 valence electrons. The smallest absolute Gasteiger partial charge is 0.255 e. The number of rotatable bonds is 5. The van der Waals surface area contributed by atoms with E-state index in [0.717, 1.165) is 11.8 Å². The number of nitrogens with one attached hydrogen (secondary N) is 2. The Morgan fingerprint density at radius 3 is 2.41 bits per heavy atom. The van der Waals surface area contributed by atoms with Gasteiger partial charge < -0.3 is 0 Å². The van der Waals surface area contributed by atoms with E-state index < -0.39 is 20.0 Å². The van der Waals surface area contributed by atoms with Crippen molar-refractivity contribution in [3.05, 3.63) is 54.1 Å². The first-order chi connectivity index (χ1) is 12.7. The van der Waals surface area contributed by atoms with Crippen molar-refractivity contribution >= 4 is 42.7 Å². The summed E-state index contributed by atoms with van der Waals surface area (Å²) in [7, 11) is -8.75. The van der Waals surface area contributed by atoms with Crippen molar-refractivity contribution in [1.29, 1.82) is 5.26 Å². The van der Waals surface area contributed by atoms with Crippen LogP contribution < -0.4 is 9.44 Å². The standard InChI is InChI=1S/C16H16N4O4S3/c1-12-6-5-7-13(10-12)26(21,22)20-27(23,24)15-9-4-3-8-14(15)19-16(25-2)18-11-17/h3-10,20H,1-2H3,(H,18,19). The van der Waals surface area contributed by atoms with Gasteiger partial charge in [0.15, 0.2) is 11.4 Å². The first-order valence-corrected chi connectivity index (χ1v) is 11.6. The average Bonchev–Trinajstić information content (AvgIpc) is 2.61. The van der Waals surface area contributed by atoms with E-state index in [-0.39, 0.29) is 20.6 Å². The van der Waals surface area contributed by atoms with Gasteiger partial charge >= 0.3 is 0 Å². The molecule has 0 amide bonds. The summed E-state index contributed by atoms with van der Waals surface area (Å²) >= 11 is 1.10. The maximum atomic E-state index is 12.7. The van der Waals surface area contributed by atoms with Gasteiger partial charge in [0.1, 0.15) is 4.90 Å². The van der Waals surface area contributed by atoms with Crippen molar-refractivity contribution in [2.75, 3.05) is 6.26 Å². The summed E-state index contributed by atoms with van der Waals surface area (Å²) in [5.74, 6) is 0. The van der Waals surface area contributed by atoms with E-state index in [9.17, 15) is 16.8 Å². The lowest BCUT2D eigenvalue weighted by molar-refractivity contribution is 0.577. The number of nitriles is 1. The molecule has 0 saturated heterocycles. The molecule has 0 radical (unpaired) electrons. The zero-order valence-electron chi connectivity index (χ0n) is 14.4. The Morgan fingerprint density at radius 1 is 1.07 bits per heavy atom. The lowest BCUT2D eigenvalue weighted by Gasteiger charge is -2.11. The number of sulfonamides is 2. The summed E-state index contributed by atoms with van der Waals surface area (Å²) in [6.07, 6.45) is 3.35. The molecule has 2 aromatic rings. The average molecular weight is 425 g/mol. The van der Waals surface area contributed by atoms with E-state index in [1.54, 1.807) is 35.6 Å². The van der Waals surface area contributed by atoms with Crippen LogP contribution >= 0.6 is 11.8 Å². The molecule has 0 aromatic heterocycles. The van der Waals surface area contributed by atoms with E-state index in [0.29, 0.717) is 5.56 Å². The van der Waals surface area contributed by atoms with Gasteiger partial charge in [-0.3, -0.25) is 5.32 Å². The summed E-state index contributed by atoms with van der Waals surface area (Å²) in [5, 5.41) is 11.2. The molecule has 0 bridgehead atoms. The molecule has 0 aliphatic rings. The van der Waals surface area contributed by atoms with Crippen LogP contribution in [-0.2, 0) is 20.0 Å². The summed E-state index contributed by atoms with van der Waals surface area (Å²) in [6, 6.07) is 11.5. The SMILES string of the molecule is CSC(=Nc1ccccc1S(=O)(=O)NS(=O)(=O)c1cccc(C)c1)NC#N. The summed E-state index contributed by atoms with van der Waals surface area (Å²) in [4.78, 5) is 3.59. The van der Waals surface area contributed by atoms with Crippen LogP contribution in [0.4, 0.5) is 5.69 Å². The van der Waals surface area contributed by atoms with Crippen LogP contribution in [0.1, 0.15) is 5.56 Å². The van der Waals surface area contributed by atoms with E-state index in [4.69, 9.17) is 5.26 Å². The molecule has 2 rings (SSSR count). The predicted octanol–water partition coefficient (Wildman–Crippen LogP) is 2.08. The number of para-hydroxylation sites is 1. The third-order valence-electron chi connectivity index (χ3n) is 3.25. The van der Waals surface area contributed by atoms with E-state index in [2.05, 4.69) is 10.3 Å². The summed E-state index contributed by atoms with van der Waals surface area (Å²) in [5.41, 5.74) is 0.670. The van der Waals surface area contributed by atoms with Crippen LogP contribution in [0.5, 0.6) is 0 Å². The quantitative estimate of drug-likeness (QED) is 0.325. The number of aryl methyl sites for hydroxylation is 1. The minimum Gasteiger partial charge on any atom is -0.271 e. The summed E-state index contributed by atoms with van der Waals surface area (Å²) < 4.78 is 52.1. The van der Waals surface area contributed by atoms with Gasteiger partial charge in [-0.25, -0.2) is 21.8 Å². The van der Waals surface area contributed by atoms with Crippen molar-refractivity contribution in [3.8, 4) is 6.19 Å². The Balaban J connectivity index is 2.48. The molecule has 27 heavy (non-hydrogen) atoms. The van der Waals surface area contributed by atoms with Crippen molar-refractivity contribution in [2.45, 2.75) is 16.7 Å². The van der Waals surface area contributed by atoms with Crippen LogP contribution in [0, 0.1) is 18.4 Å². The monoisotopic (exact) mass is 424 g/mol. The fraction of sp³-hybridized carbons (Fsp3) is 0.125. The van der Waals surface area contributed by atoms with Gasteiger partial charge in [-0.1, -0.05) is 36.0 Å². The second kappa shape index (κ2) is 8.53. The Kier molecular flexibility index (Phi) is 6.61. The molecule has 11 heteroatoms. The van der Waals surface area contributed by atoms with Crippen LogP contribution in [0.25, 0.3) is 0 Å². The number of amidine groups is 1. The molecule has 8 nitrogen and oxygen atoms in total. The molecule has 0 saturated carbocycles. The molecule has 0 atom stereocenters. The minimum absolute atomic E-state index is 0.00320. The van der Waals surface area contributed by atoms with Crippen molar-refractivity contribution in [1.82, 2.24) is 9.44 Å². The lowest BCUT2D eigenvalue weighted by Crippen LogP contribution is -2.30. The van der Waals surface area contributed by atoms with E-state index in [1.807, 2.05) is 0 Å². The highest BCUT2D eigenvalue weighted by Crippen LogP contribution is 2.26. The summed E-state index contributed by atoms with van der Waals surface area (Å²) in [6.45, 7) is 1.70. The molecule has 0 aliphatic carbocycles. The number of hydrogen-bond donors (Lipinski definition) is 2. The van der Waals surface area contributed by atoms with Gasteiger partial charge in [0.05, 0.1) is 10.6 Å².